The average molecular weight is 232 g/mol. The van der Waals surface area contributed by atoms with Crippen LogP contribution >= 0.6 is 0 Å². The topological polar surface area (TPSA) is 99.4 Å². The van der Waals surface area contributed by atoms with Crippen molar-refractivity contribution in [3.63, 3.8) is 0 Å². The van der Waals surface area contributed by atoms with Gasteiger partial charge in [0.25, 0.3) is 0 Å². The summed E-state index contributed by atoms with van der Waals surface area (Å²) in [5.74, 6) is -0.309. The molecule has 1 amide bonds. The molecule has 0 aromatic heterocycles. The van der Waals surface area contributed by atoms with E-state index in [1.807, 2.05) is 14.1 Å². The number of carbonyl (C=O) groups excluding carboxylic acids is 1. The van der Waals surface area contributed by atoms with Crippen LogP contribution in [0.1, 0.15) is 12.8 Å². The SMILES string of the molecule is CNCCC[C@@H](CNC(=O)[C@@H](N)CO)NC. The minimum Gasteiger partial charge on any atom is -0.394 e. The third-order valence-electron chi connectivity index (χ3n) is 2.44. The lowest BCUT2D eigenvalue weighted by Crippen LogP contribution is -2.47. The van der Waals surface area contributed by atoms with Gasteiger partial charge in [0.1, 0.15) is 6.04 Å². The number of aliphatic hydroxyl groups excluding tert-OH is 1. The summed E-state index contributed by atoms with van der Waals surface area (Å²) < 4.78 is 0. The van der Waals surface area contributed by atoms with E-state index in [0.717, 1.165) is 19.4 Å². The lowest BCUT2D eigenvalue weighted by atomic mass is 10.1. The van der Waals surface area contributed by atoms with E-state index in [1.165, 1.54) is 0 Å². The van der Waals surface area contributed by atoms with Crippen LogP contribution in [0.5, 0.6) is 0 Å². The zero-order valence-electron chi connectivity index (χ0n) is 10.1. The van der Waals surface area contributed by atoms with Gasteiger partial charge >= 0.3 is 0 Å². The van der Waals surface area contributed by atoms with Gasteiger partial charge in [-0.1, -0.05) is 0 Å². The van der Waals surface area contributed by atoms with E-state index in [1.54, 1.807) is 0 Å². The molecule has 16 heavy (non-hydrogen) atoms. The second-order valence-electron chi connectivity index (χ2n) is 3.77. The van der Waals surface area contributed by atoms with Crippen molar-refractivity contribution in [2.45, 2.75) is 24.9 Å². The summed E-state index contributed by atoms with van der Waals surface area (Å²) in [6.45, 7) is 1.17. The van der Waals surface area contributed by atoms with Crippen LogP contribution in [0.15, 0.2) is 0 Å². The van der Waals surface area contributed by atoms with Crippen LogP contribution in [0.25, 0.3) is 0 Å². The van der Waals surface area contributed by atoms with Gasteiger partial charge in [-0.15, -0.1) is 0 Å². The maximum absolute atomic E-state index is 11.3. The predicted octanol–water partition coefficient (Wildman–Crippen LogP) is -1.99. The van der Waals surface area contributed by atoms with Crippen molar-refractivity contribution in [2.75, 3.05) is 33.8 Å². The molecule has 0 heterocycles. The minimum atomic E-state index is -0.824. The second kappa shape index (κ2) is 9.53. The Labute approximate surface area is 97.0 Å². The Morgan fingerprint density at radius 3 is 2.62 bits per heavy atom. The molecule has 0 radical (unpaired) electrons. The molecule has 0 saturated heterocycles. The molecule has 2 atom stereocenters. The fourth-order valence-electron chi connectivity index (χ4n) is 1.31. The van der Waals surface area contributed by atoms with E-state index >= 15 is 0 Å². The largest absolute Gasteiger partial charge is 0.394 e. The third-order valence-corrected chi connectivity index (χ3v) is 2.44. The second-order valence-corrected chi connectivity index (χ2v) is 3.77. The van der Waals surface area contributed by atoms with Gasteiger partial charge < -0.3 is 26.8 Å². The Hall–Kier alpha value is -0.690. The van der Waals surface area contributed by atoms with E-state index in [9.17, 15) is 4.79 Å². The fourth-order valence-corrected chi connectivity index (χ4v) is 1.31. The Balaban J connectivity index is 3.73. The molecular formula is C10H24N4O2. The van der Waals surface area contributed by atoms with E-state index < -0.39 is 6.04 Å². The molecular weight excluding hydrogens is 208 g/mol. The number of aliphatic hydroxyl groups is 1. The van der Waals surface area contributed by atoms with E-state index in [4.69, 9.17) is 10.8 Å². The van der Waals surface area contributed by atoms with Crippen molar-refractivity contribution < 1.29 is 9.90 Å². The molecule has 6 heteroatoms. The molecule has 0 aliphatic rings. The van der Waals surface area contributed by atoms with Gasteiger partial charge in [-0.05, 0) is 33.5 Å². The monoisotopic (exact) mass is 232 g/mol. The summed E-state index contributed by atoms with van der Waals surface area (Å²) in [7, 11) is 3.78. The van der Waals surface area contributed by atoms with Crippen LogP contribution in [0.4, 0.5) is 0 Å². The first kappa shape index (κ1) is 15.3. The number of hydrogen-bond donors (Lipinski definition) is 5. The van der Waals surface area contributed by atoms with Crippen LogP contribution in [0.3, 0.4) is 0 Å². The highest BCUT2D eigenvalue weighted by atomic mass is 16.3. The normalized spacial score (nSPS) is 14.5. The molecule has 0 aliphatic heterocycles. The summed E-state index contributed by atoms with van der Waals surface area (Å²) >= 11 is 0. The summed E-state index contributed by atoms with van der Waals surface area (Å²) in [4.78, 5) is 11.3. The van der Waals surface area contributed by atoms with Gasteiger partial charge in [-0.25, -0.2) is 0 Å². The highest BCUT2D eigenvalue weighted by molar-refractivity contribution is 5.81. The quantitative estimate of drug-likeness (QED) is 0.296. The lowest BCUT2D eigenvalue weighted by Gasteiger charge is -2.18. The van der Waals surface area contributed by atoms with E-state index in [-0.39, 0.29) is 18.6 Å². The van der Waals surface area contributed by atoms with Crippen LogP contribution in [-0.4, -0.2) is 56.9 Å². The number of nitrogens with two attached hydrogens (primary N) is 1. The molecule has 0 aliphatic carbocycles. The van der Waals surface area contributed by atoms with Crippen molar-refractivity contribution in [2.24, 2.45) is 5.73 Å². The molecule has 96 valence electrons. The van der Waals surface area contributed by atoms with Crippen molar-refractivity contribution in [3.8, 4) is 0 Å². The Morgan fingerprint density at radius 2 is 2.12 bits per heavy atom. The molecule has 0 unspecified atom stereocenters. The first-order chi connectivity index (χ1) is 7.65. The molecule has 6 N–H and O–H groups in total. The summed E-state index contributed by atoms with van der Waals surface area (Å²) in [5.41, 5.74) is 5.37. The van der Waals surface area contributed by atoms with Crippen molar-refractivity contribution in [1.82, 2.24) is 16.0 Å². The van der Waals surface area contributed by atoms with Crippen LogP contribution < -0.4 is 21.7 Å². The van der Waals surface area contributed by atoms with E-state index in [0.29, 0.717) is 6.54 Å². The zero-order chi connectivity index (χ0) is 12.4. The molecule has 0 spiro atoms. The molecule has 6 nitrogen and oxygen atoms in total. The maximum Gasteiger partial charge on any atom is 0.239 e. The number of rotatable bonds is 9. The molecule has 0 aromatic carbocycles. The third kappa shape index (κ3) is 6.73. The van der Waals surface area contributed by atoms with Crippen LogP contribution in [0.2, 0.25) is 0 Å². The van der Waals surface area contributed by atoms with Gasteiger partial charge in [0.05, 0.1) is 6.61 Å². The molecule has 0 saturated carbocycles. The number of carbonyl (C=O) groups is 1. The van der Waals surface area contributed by atoms with E-state index in [2.05, 4.69) is 16.0 Å². The van der Waals surface area contributed by atoms with Gasteiger partial charge in [0.15, 0.2) is 0 Å². The summed E-state index contributed by atoms with van der Waals surface area (Å²) in [6.07, 6.45) is 2.02. The van der Waals surface area contributed by atoms with Gasteiger partial charge in [-0.3, -0.25) is 4.79 Å². The summed E-state index contributed by atoms with van der Waals surface area (Å²) in [5, 5.41) is 17.6. The average Bonchev–Trinajstić information content (AvgIpc) is 2.32. The first-order valence-corrected chi connectivity index (χ1v) is 5.61. The van der Waals surface area contributed by atoms with Gasteiger partial charge in [-0.2, -0.15) is 0 Å². The summed E-state index contributed by atoms with van der Waals surface area (Å²) in [6, 6.07) is -0.585. The van der Waals surface area contributed by atoms with Crippen LogP contribution in [-0.2, 0) is 4.79 Å². The number of hydrogen-bond acceptors (Lipinski definition) is 5. The highest BCUT2D eigenvalue weighted by Gasteiger charge is 2.13. The smallest absolute Gasteiger partial charge is 0.239 e. The molecule has 0 rings (SSSR count). The Morgan fingerprint density at radius 1 is 1.44 bits per heavy atom. The highest BCUT2D eigenvalue weighted by Crippen LogP contribution is 1.94. The minimum absolute atomic E-state index is 0.239. The number of nitrogens with one attached hydrogen (secondary N) is 3. The van der Waals surface area contributed by atoms with Crippen molar-refractivity contribution in [1.29, 1.82) is 0 Å². The lowest BCUT2D eigenvalue weighted by molar-refractivity contribution is -0.123. The molecule has 0 fully saturated rings. The maximum atomic E-state index is 11.3. The zero-order valence-corrected chi connectivity index (χ0v) is 10.1. The number of amides is 1. The van der Waals surface area contributed by atoms with Crippen molar-refractivity contribution in [3.05, 3.63) is 0 Å². The number of likely N-dealkylation sites (N-methyl/N-ethyl adjacent to an activating group) is 1. The molecule has 0 aromatic rings. The van der Waals surface area contributed by atoms with Crippen molar-refractivity contribution >= 4 is 5.91 Å². The predicted molar refractivity (Wildman–Crippen MR) is 64.1 cm³/mol. The van der Waals surface area contributed by atoms with Gasteiger partial charge in [0.2, 0.25) is 5.91 Å². The first-order valence-electron chi connectivity index (χ1n) is 5.61. The van der Waals surface area contributed by atoms with Gasteiger partial charge in [0, 0.05) is 12.6 Å². The van der Waals surface area contributed by atoms with Crippen LogP contribution in [0, 0.1) is 0 Å². The fraction of sp³-hybridized carbons (Fsp3) is 0.900. The Kier molecular flexibility index (Phi) is 9.12. The standard InChI is InChI=1S/C10H24N4O2/c1-12-5-3-4-8(13-2)6-14-10(16)9(11)7-15/h8-9,12-13,15H,3-7,11H2,1-2H3,(H,14,16)/t8-,9-/m0/s1. The Bertz CT molecular complexity index is 190. The molecule has 0 bridgehead atoms.